The molecule has 4 aliphatic rings. The highest BCUT2D eigenvalue weighted by Gasteiger charge is 2.45. The van der Waals surface area contributed by atoms with Crippen LogP contribution in [0.25, 0.3) is 27.7 Å². The Labute approximate surface area is 415 Å². The molecule has 0 radical (unpaired) electrons. The van der Waals surface area contributed by atoms with Crippen LogP contribution in [-0.2, 0) is 44.6 Å². The summed E-state index contributed by atoms with van der Waals surface area (Å²) in [5, 5.41) is 5.33. The molecule has 3 saturated heterocycles. The largest absolute Gasteiger partial charge is 0.404 e. The Balaban J connectivity index is 0.668. The number of benzene rings is 3. The molecule has 1 aromatic heterocycles. The monoisotopic (exact) mass is 995 g/mol. The Morgan fingerprint density at radius 1 is 0.847 bits per heavy atom. The Morgan fingerprint density at radius 2 is 1.51 bits per heavy atom. The van der Waals surface area contributed by atoms with Crippen molar-refractivity contribution in [2.24, 2.45) is 10.7 Å². The molecule has 3 fully saturated rings. The van der Waals surface area contributed by atoms with Crippen molar-refractivity contribution in [2.75, 3.05) is 104 Å². The number of nitrogens with one attached hydrogen (secondary N) is 2. The van der Waals surface area contributed by atoms with E-state index < -0.39 is 41.3 Å². The number of carbonyl (C=O) groups excluding carboxylic acids is 5. The third-order valence-corrected chi connectivity index (χ3v) is 12.8. The Morgan fingerprint density at radius 3 is 2.21 bits per heavy atom. The fourth-order valence-electron chi connectivity index (χ4n) is 8.94. The molecule has 0 spiro atoms. The van der Waals surface area contributed by atoms with E-state index in [1.807, 2.05) is 9.80 Å². The average molecular weight is 996 g/mol. The maximum atomic E-state index is 15.4. The molecular formula is C51H59F2N9O10. The number of hydrogen-bond acceptors (Lipinski definition) is 16. The van der Waals surface area contributed by atoms with Crippen LogP contribution in [0.3, 0.4) is 0 Å². The Kier molecular flexibility index (Phi) is 18.1. The van der Waals surface area contributed by atoms with Crippen LogP contribution in [0.4, 0.5) is 14.5 Å². The number of allylic oxidation sites excluding steroid dienone is 1. The molecule has 4 aliphatic heterocycles. The van der Waals surface area contributed by atoms with Crippen LogP contribution in [0.2, 0.25) is 0 Å². The molecule has 4 N–H and O–H groups in total. The number of halogens is 2. The zero-order chi connectivity index (χ0) is 50.4. The lowest BCUT2D eigenvalue weighted by molar-refractivity contribution is -0.136. The van der Waals surface area contributed by atoms with Crippen LogP contribution in [0, 0.1) is 11.6 Å². The highest BCUT2D eigenvalue weighted by molar-refractivity contribution is 6.25. The maximum absolute atomic E-state index is 15.4. The van der Waals surface area contributed by atoms with E-state index in [1.54, 1.807) is 48.8 Å². The second kappa shape index (κ2) is 25.2. The van der Waals surface area contributed by atoms with E-state index in [0.717, 1.165) is 4.90 Å². The molecule has 382 valence electrons. The van der Waals surface area contributed by atoms with E-state index in [2.05, 4.69) is 15.6 Å². The second-order valence-corrected chi connectivity index (χ2v) is 17.5. The number of fused-ring (bicyclic) bond motifs is 2. The number of anilines is 1. The molecule has 8 rings (SSSR count). The van der Waals surface area contributed by atoms with Gasteiger partial charge >= 0.3 is 0 Å². The predicted octanol–water partition coefficient (Wildman–Crippen LogP) is 3.74. The van der Waals surface area contributed by atoms with Gasteiger partial charge in [0.2, 0.25) is 17.7 Å². The molecular weight excluding hydrogens is 937 g/mol. The molecule has 3 aromatic carbocycles. The number of para-hydroxylation sites is 1. The molecule has 72 heavy (non-hydrogen) atoms. The number of nitrogens with zero attached hydrogens (tertiary/aromatic N) is 6. The quantitative estimate of drug-likeness (QED) is 0.0547. The van der Waals surface area contributed by atoms with Crippen LogP contribution >= 0.6 is 0 Å². The molecule has 1 unspecified atom stereocenters. The summed E-state index contributed by atoms with van der Waals surface area (Å²) < 4.78 is 58.5. The molecule has 5 amide bonds. The molecule has 5 heterocycles. The summed E-state index contributed by atoms with van der Waals surface area (Å²) in [4.78, 5) is 82.0. The highest BCUT2D eigenvalue weighted by atomic mass is 19.1. The van der Waals surface area contributed by atoms with Gasteiger partial charge in [0, 0.05) is 80.5 Å². The summed E-state index contributed by atoms with van der Waals surface area (Å²) in [6.07, 6.45) is 6.39. The van der Waals surface area contributed by atoms with Crippen molar-refractivity contribution in [1.82, 2.24) is 30.0 Å². The van der Waals surface area contributed by atoms with E-state index in [0.29, 0.717) is 144 Å². The SMILES string of the molecule is NC=C(C=NC1CCN(C(=O)CCOCCOCCOCCOCCNc2cccc3c2C(=O)N(C2CCC(=O)NC2=O)C3=O)CC1)c1cnc2cccc(-c3cc(F)c(CN4CCOCC4)c(F)c3)c2n1. The molecule has 19 nitrogen and oxygen atoms in total. The van der Waals surface area contributed by atoms with Gasteiger partial charge in [-0.15, -0.1) is 0 Å². The number of morpholine rings is 1. The predicted molar refractivity (Wildman–Crippen MR) is 261 cm³/mol. The molecule has 0 saturated carbocycles. The van der Waals surface area contributed by atoms with Gasteiger partial charge in [0.05, 0.1) is 113 Å². The number of amides is 5. The summed E-state index contributed by atoms with van der Waals surface area (Å²) in [7, 11) is 0. The normalized spacial score (nSPS) is 18.1. The molecule has 21 heteroatoms. The number of piperidine rings is 2. The zero-order valence-electron chi connectivity index (χ0n) is 40.0. The lowest BCUT2D eigenvalue weighted by Gasteiger charge is -2.30. The number of likely N-dealkylation sites (tertiary alicyclic amines) is 1. The smallest absolute Gasteiger partial charge is 0.264 e. The number of ether oxygens (including phenoxy) is 5. The fraction of sp³-hybridized carbons (Fsp3) is 0.451. The fourth-order valence-corrected chi connectivity index (χ4v) is 8.94. The van der Waals surface area contributed by atoms with Gasteiger partial charge in [-0.1, -0.05) is 18.2 Å². The Bertz CT molecular complexity index is 2650. The summed E-state index contributed by atoms with van der Waals surface area (Å²) in [5.74, 6) is -3.47. The number of aliphatic imine (C=N–C) groups is 1. The lowest BCUT2D eigenvalue weighted by Crippen LogP contribution is -2.54. The number of carbonyl (C=O) groups is 5. The standard InChI is InChI=1S/C51H59F2N9O10/c52-39-27-33(28-40(53)38(39)32-60-15-19-70-20-16-60)36-3-1-6-42-48(36)58-43(31-57-42)34(29-54)30-56-35-9-13-61(14-10-35)46(64)11-17-68-21-23-71-25-26-72-24-22-69-18-12-55-41-5-2-4-37-47(41)51(67)62(50(37)66)44-7-8-45(63)59-49(44)65/h1-6,27-31,35,44,55H,7-26,32,54H2,(H,59,63,65). The maximum Gasteiger partial charge on any atom is 0.264 e. The van der Waals surface area contributed by atoms with E-state index in [-0.39, 0.29) is 61.1 Å². The van der Waals surface area contributed by atoms with E-state index >= 15 is 8.78 Å². The Hall–Kier alpha value is -6.62. The van der Waals surface area contributed by atoms with Crippen LogP contribution in [0.1, 0.15) is 64.1 Å². The summed E-state index contributed by atoms with van der Waals surface area (Å²) in [5.41, 5.74) is 9.83. The van der Waals surface area contributed by atoms with E-state index in [4.69, 9.17) is 39.4 Å². The van der Waals surface area contributed by atoms with Gasteiger partial charge in [-0.3, -0.25) is 49.1 Å². The number of nitrogens with two attached hydrogens (primary N) is 1. The first-order valence-corrected chi connectivity index (χ1v) is 24.3. The van der Waals surface area contributed by atoms with Crippen molar-refractivity contribution in [2.45, 2.75) is 50.7 Å². The molecule has 0 bridgehead atoms. The van der Waals surface area contributed by atoms with Gasteiger partial charge in [0.15, 0.2) is 0 Å². The molecule has 0 aliphatic carbocycles. The number of rotatable bonds is 23. The lowest BCUT2D eigenvalue weighted by atomic mass is 10.0. The van der Waals surface area contributed by atoms with Crippen molar-refractivity contribution in [1.29, 1.82) is 0 Å². The van der Waals surface area contributed by atoms with Gasteiger partial charge in [-0.05, 0) is 55.2 Å². The van der Waals surface area contributed by atoms with Gasteiger partial charge in [0.1, 0.15) is 17.7 Å². The van der Waals surface area contributed by atoms with Crippen molar-refractivity contribution in [3.63, 3.8) is 0 Å². The van der Waals surface area contributed by atoms with Gasteiger partial charge in [-0.2, -0.15) is 0 Å². The zero-order valence-corrected chi connectivity index (χ0v) is 40.0. The van der Waals surface area contributed by atoms with Gasteiger partial charge < -0.3 is 39.6 Å². The van der Waals surface area contributed by atoms with Crippen molar-refractivity contribution in [3.8, 4) is 11.1 Å². The summed E-state index contributed by atoms with van der Waals surface area (Å²) in [6, 6.07) is 11.8. The van der Waals surface area contributed by atoms with Crippen LogP contribution < -0.4 is 16.4 Å². The van der Waals surface area contributed by atoms with E-state index in [9.17, 15) is 24.0 Å². The van der Waals surface area contributed by atoms with Crippen molar-refractivity contribution in [3.05, 3.63) is 94.9 Å². The first-order valence-electron chi connectivity index (χ1n) is 24.3. The first kappa shape index (κ1) is 51.7. The number of aromatic nitrogens is 2. The average Bonchev–Trinajstić information content (AvgIpc) is 3.64. The third kappa shape index (κ3) is 12.9. The third-order valence-electron chi connectivity index (χ3n) is 12.8. The summed E-state index contributed by atoms with van der Waals surface area (Å²) in [6.45, 7) is 6.56. The highest BCUT2D eigenvalue weighted by Crippen LogP contribution is 2.33. The van der Waals surface area contributed by atoms with E-state index in [1.165, 1.54) is 18.3 Å². The topological polar surface area (TPSA) is 229 Å². The second-order valence-electron chi connectivity index (χ2n) is 17.5. The van der Waals surface area contributed by atoms with Crippen molar-refractivity contribution >= 4 is 58.0 Å². The number of imide groups is 2. The van der Waals surface area contributed by atoms with Crippen LogP contribution in [-0.4, -0.2) is 171 Å². The first-order chi connectivity index (χ1) is 35.1. The summed E-state index contributed by atoms with van der Waals surface area (Å²) >= 11 is 0. The van der Waals surface area contributed by atoms with Gasteiger partial charge in [0.25, 0.3) is 11.8 Å². The minimum atomic E-state index is -1.03. The van der Waals surface area contributed by atoms with Gasteiger partial charge in [-0.25, -0.2) is 13.8 Å². The van der Waals surface area contributed by atoms with Crippen LogP contribution in [0.5, 0.6) is 0 Å². The minimum Gasteiger partial charge on any atom is -0.404 e. The molecule has 1 atom stereocenters. The number of hydrogen-bond donors (Lipinski definition) is 3. The van der Waals surface area contributed by atoms with Crippen LogP contribution in [0.15, 0.2) is 65.9 Å². The minimum absolute atomic E-state index is 0.00886. The molecule has 4 aromatic rings. The van der Waals surface area contributed by atoms with Crippen molar-refractivity contribution < 1.29 is 56.4 Å².